The first-order chi connectivity index (χ1) is 12.7. The molecule has 2 aromatic heterocycles. The number of aromatic nitrogens is 4. The largest absolute Gasteiger partial charge is 0.353 e. The number of hydrogen-bond acceptors (Lipinski definition) is 4. The number of carbonyl (C=O) groups is 1. The molecule has 2 unspecified atom stereocenters. The highest BCUT2D eigenvalue weighted by Gasteiger charge is 2.23. The summed E-state index contributed by atoms with van der Waals surface area (Å²) >= 11 is 0. The second kappa shape index (κ2) is 7.44. The SMILES string of the molecule is Cc1nc2c(cnn2C(C)(C)C)c(=O)n1CCC(=O)NC1CCCCC1C. The van der Waals surface area contributed by atoms with E-state index in [-0.39, 0.29) is 29.5 Å². The maximum atomic E-state index is 12.9. The Morgan fingerprint density at radius 2 is 2.00 bits per heavy atom. The van der Waals surface area contributed by atoms with Gasteiger partial charge in [-0.1, -0.05) is 19.8 Å². The Kier molecular flexibility index (Phi) is 5.40. The van der Waals surface area contributed by atoms with Gasteiger partial charge in [0.25, 0.3) is 5.56 Å². The molecule has 0 saturated heterocycles. The maximum Gasteiger partial charge on any atom is 0.264 e. The molecule has 0 spiro atoms. The van der Waals surface area contributed by atoms with Gasteiger partial charge in [0.1, 0.15) is 11.2 Å². The average Bonchev–Trinajstić information content (AvgIpc) is 3.01. The minimum absolute atomic E-state index is 0.00512. The zero-order valence-corrected chi connectivity index (χ0v) is 17.1. The lowest BCUT2D eigenvalue weighted by Crippen LogP contribution is -2.41. The molecule has 7 heteroatoms. The monoisotopic (exact) mass is 373 g/mol. The lowest BCUT2D eigenvalue weighted by molar-refractivity contribution is -0.122. The van der Waals surface area contributed by atoms with Gasteiger partial charge >= 0.3 is 0 Å². The summed E-state index contributed by atoms with van der Waals surface area (Å²) in [5.41, 5.74) is 0.213. The highest BCUT2D eigenvalue weighted by molar-refractivity contribution is 5.76. The van der Waals surface area contributed by atoms with Crippen LogP contribution in [0.2, 0.25) is 0 Å². The van der Waals surface area contributed by atoms with Crippen LogP contribution in [0, 0.1) is 12.8 Å². The van der Waals surface area contributed by atoms with Crippen LogP contribution in [0.3, 0.4) is 0 Å². The molecule has 1 amide bonds. The molecule has 0 aromatic carbocycles. The molecule has 0 bridgehead atoms. The van der Waals surface area contributed by atoms with Crippen molar-refractivity contribution in [1.29, 1.82) is 0 Å². The Balaban J connectivity index is 1.75. The van der Waals surface area contributed by atoms with Crippen LogP contribution in [-0.2, 0) is 16.9 Å². The molecular formula is C20H31N5O2. The van der Waals surface area contributed by atoms with Crippen molar-refractivity contribution in [2.75, 3.05) is 0 Å². The van der Waals surface area contributed by atoms with Crippen molar-refractivity contribution in [1.82, 2.24) is 24.6 Å². The standard InChI is InChI=1S/C20H31N5O2/c1-13-8-6-7-9-16(13)23-17(26)10-11-24-14(2)22-18-15(19(24)27)12-21-25(18)20(3,4)5/h12-13,16H,6-11H2,1-5H3,(H,23,26). The van der Waals surface area contributed by atoms with Crippen LogP contribution in [0.15, 0.2) is 11.0 Å². The molecule has 0 radical (unpaired) electrons. The summed E-state index contributed by atoms with van der Waals surface area (Å²) in [6.45, 7) is 10.4. The van der Waals surface area contributed by atoms with Crippen molar-refractivity contribution in [2.45, 2.75) is 84.8 Å². The van der Waals surface area contributed by atoms with Crippen molar-refractivity contribution >= 4 is 16.9 Å². The minimum Gasteiger partial charge on any atom is -0.353 e. The van der Waals surface area contributed by atoms with Crippen molar-refractivity contribution in [3.8, 4) is 0 Å². The average molecular weight is 374 g/mol. The number of hydrogen-bond donors (Lipinski definition) is 1. The molecule has 2 heterocycles. The van der Waals surface area contributed by atoms with Gasteiger partial charge in [-0.3, -0.25) is 14.2 Å². The van der Waals surface area contributed by atoms with Gasteiger partial charge in [0.15, 0.2) is 5.65 Å². The first kappa shape index (κ1) is 19.6. The molecule has 2 atom stereocenters. The van der Waals surface area contributed by atoms with E-state index in [2.05, 4.69) is 22.3 Å². The summed E-state index contributed by atoms with van der Waals surface area (Å²) < 4.78 is 3.36. The molecule has 3 rings (SSSR count). The molecule has 7 nitrogen and oxygen atoms in total. The van der Waals surface area contributed by atoms with Crippen molar-refractivity contribution in [2.24, 2.45) is 5.92 Å². The van der Waals surface area contributed by atoms with Gasteiger partial charge in [-0.15, -0.1) is 0 Å². The molecule has 1 fully saturated rings. The van der Waals surface area contributed by atoms with Crippen molar-refractivity contribution in [3.63, 3.8) is 0 Å². The Hall–Kier alpha value is -2.18. The van der Waals surface area contributed by atoms with Crippen LogP contribution in [0.4, 0.5) is 0 Å². The van der Waals surface area contributed by atoms with E-state index in [0.29, 0.717) is 29.3 Å². The molecule has 1 N–H and O–H groups in total. The minimum atomic E-state index is -0.254. The Labute approximate surface area is 160 Å². The Bertz CT molecular complexity index is 890. The van der Waals surface area contributed by atoms with Gasteiger partial charge in [-0.2, -0.15) is 5.10 Å². The second-order valence-electron chi connectivity index (χ2n) is 8.77. The van der Waals surface area contributed by atoms with Crippen LogP contribution >= 0.6 is 0 Å². The van der Waals surface area contributed by atoms with Gasteiger partial charge in [0.2, 0.25) is 5.91 Å². The third-order valence-corrected chi connectivity index (χ3v) is 5.53. The van der Waals surface area contributed by atoms with Gasteiger partial charge in [0.05, 0.1) is 11.7 Å². The molecular weight excluding hydrogens is 342 g/mol. The van der Waals surface area contributed by atoms with E-state index in [1.807, 2.05) is 27.7 Å². The summed E-state index contributed by atoms with van der Waals surface area (Å²) in [5, 5.41) is 8.00. The van der Waals surface area contributed by atoms with E-state index in [1.165, 1.54) is 19.3 Å². The number of amides is 1. The van der Waals surface area contributed by atoms with E-state index >= 15 is 0 Å². The predicted octanol–water partition coefficient (Wildman–Crippen LogP) is 2.74. The molecule has 1 aliphatic rings. The first-order valence-corrected chi connectivity index (χ1v) is 9.93. The molecule has 2 aromatic rings. The van der Waals surface area contributed by atoms with Crippen molar-refractivity contribution in [3.05, 3.63) is 22.4 Å². The quantitative estimate of drug-likeness (QED) is 0.893. The topological polar surface area (TPSA) is 81.8 Å². The lowest BCUT2D eigenvalue weighted by Gasteiger charge is -2.29. The molecule has 0 aliphatic heterocycles. The van der Waals surface area contributed by atoms with Gasteiger partial charge in [-0.25, -0.2) is 9.67 Å². The van der Waals surface area contributed by atoms with E-state index in [4.69, 9.17) is 0 Å². The van der Waals surface area contributed by atoms with Gasteiger partial charge in [0, 0.05) is 19.0 Å². The van der Waals surface area contributed by atoms with Crippen LogP contribution in [0.1, 0.15) is 65.6 Å². The lowest BCUT2D eigenvalue weighted by atomic mass is 9.86. The van der Waals surface area contributed by atoms with Gasteiger partial charge in [-0.05, 0) is 46.5 Å². The number of carbonyl (C=O) groups excluding carboxylic acids is 1. The zero-order chi connectivity index (χ0) is 19.8. The van der Waals surface area contributed by atoms with E-state index < -0.39 is 0 Å². The number of aryl methyl sites for hydroxylation is 1. The number of fused-ring (bicyclic) bond motifs is 1. The van der Waals surface area contributed by atoms with E-state index in [9.17, 15) is 9.59 Å². The first-order valence-electron chi connectivity index (χ1n) is 9.93. The third kappa shape index (κ3) is 4.06. The fourth-order valence-electron chi connectivity index (χ4n) is 3.88. The summed E-state index contributed by atoms with van der Waals surface area (Å²) in [6, 6.07) is 0.259. The smallest absolute Gasteiger partial charge is 0.264 e. The van der Waals surface area contributed by atoms with Crippen LogP contribution < -0.4 is 10.9 Å². The summed E-state index contributed by atoms with van der Waals surface area (Å²) in [6.07, 6.45) is 6.50. The summed E-state index contributed by atoms with van der Waals surface area (Å²) in [7, 11) is 0. The van der Waals surface area contributed by atoms with Crippen LogP contribution in [0.25, 0.3) is 11.0 Å². The van der Waals surface area contributed by atoms with E-state index in [1.54, 1.807) is 15.4 Å². The number of rotatable bonds is 4. The predicted molar refractivity (Wildman–Crippen MR) is 106 cm³/mol. The highest BCUT2D eigenvalue weighted by atomic mass is 16.2. The zero-order valence-electron chi connectivity index (χ0n) is 17.1. The van der Waals surface area contributed by atoms with E-state index in [0.717, 1.165) is 6.42 Å². The molecule has 1 saturated carbocycles. The Morgan fingerprint density at radius 3 is 2.67 bits per heavy atom. The van der Waals surface area contributed by atoms with Crippen LogP contribution in [-0.4, -0.2) is 31.3 Å². The maximum absolute atomic E-state index is 12.9. The van der Waals surface area contributed by atoms with Crippen molar-refractivity contribution < 1.29 is 4.79 Å². The Morgan fingerprint density at radius 1 is 1.30 bits per heavy atom. The summed E-state index contributed by atoms with van der Waals surface area (Å²) in [4.78, 5) is 29.9. The van der Waals surface area contributed by atoms with Crippen LogP contribution in [0.5, 0.6) is 0 Å². The molecule has 27 heavy (non-hydrogen) atoms. The summed E-state index contributed by atoms with van der Waals surface area (Å²) in [5.74, 6) is 1.14. The highest BCUT2D eigenvalue weighted by Crippen LogP contribution is 2.23. The fraction of sp³-hybridized carbons (Fsp3) is 0.700. The number of nitrogens with one attached hydrogen (secondary N) is 1. The fourth-order valence-corrected chi connectivity index (χ4v) is 3.88. The molecule has 148 valence electrons. The van der Waals surface area contributed by atoms with Gasteiger partial charge < -0.3 is 5.32 Å². The third-order valence-electron chi connectivity index (χ3n) is 5.53. The molecule has 1 aliphatic carbocycles. The second-order valence-corrected chi connectivity index (χ2v) is 8.77. The normalized spacial score (nSPS) is 20.8. The number of nitrogens with zero attached hydrogens (tertiary/aromatic N) is 4.